The van der Waals surface area contributed by atoms with Crippen LogP contribution >= 0.6 is 0 Å². The van der Waals surface area contributed by atoms with Gasteiger partial charge in [0, 0.05) is 37.9 Å². The molecule has 0 atom stereocenters. The quantitative estimate of drug-likeness (QED) is 0.722. The Balaban J connectivity index is 2.11. The molecular formula is C11H15N3O. The predicted molar refractivity (Wildman–Crippen MR) is 59.3 cm³/mol. The van der Waals surface area contributed by atoms with Gasteiger partial charge in [0.05, 0.1) is 0 Å². The molecule has 1 aliphatic rings. The largest absolute Gasteiger partial charge is 0.354 e. The first kappa shape index (κ1) is 10.1. The zero-order valence-corrected chi connectivity index (χ0v) is 8.86. The van der Waals surface area contributed by atoms with Gasteiger partial charge in [-0.2, -0.15) is 0 Å². The Morgan fingerprint density at radius 1 is 1.40 bits per heavy atom. The molecule has 2 heterocycles. The molecule has 0 radical (unpaired) electrons. The third-order valence-electron chi connectivity index (χ3n) is 2.60. The molecule has 1 aromatic heterocycles. The van der Waals surface area contributed by atoms with Crippen molar-refractivity contribution >= 4 is 11.6 Å². The van der Waals surface area contributed by atoms with Crippen molar-refractivity contribution < 1.29 is 4.79 Å². The van der Waals surface area contributed by atoms with E-state index in [4.69, 9.17) is 0 Å². The zero-order valence-electron chi connectivity index (χ0n) is 8.86. The number of nitrogens with one attached hydrogen (secondary N) is 1. The second-order valence-electron chi connectivity index (χ2n) is 3.70. The molecule has 0 amide bonds. The summed E-state index contributed by atoms with van der Waals surface area (Å²) in [5, 5.41) is 3.29. The van der Waals surface area contributed by atoms with Gasteiger partial charge < -0.3 is 10.2 Å². The first-order valence-electron chi connectivity index (χ1n) is 5.20. The summed E-state index contributed by atoms with van der Waals surface area (Å²) in [4.78, 5) is 17.6. The number of piperazine rings is 1. The van der Waals surface area contributed by atoms with E-state index in [0.29, 0.717) is 5.56 Å². The molecular weight excluding hydrogens is 190 g/mol. The lowest BCUT2D eigenvalue weighted by molar-refractivity contribution is 0.101. The number of pyridine rings is 1. The van der Waals surface area contributed by atoms with Gasteiger partial charge in [0.25, 0.3) is 0 Å². The van der Waals surface area contributed by atoms with Crippen molar-refractivity contribution in [3.05, 3.63) is 23.9 Å². The Morgan fingerprint density at radius 2 is 2.13 bits per heavy atom. The summed E-state index contributed by atoms with van der Waals surface area (Å²) in [5.41, 5.74) is 0.675. The van der Waals surface area contributed by atoms with Crippen LogP contribution in [0.2, 0.25) is 0 Å². The third-order valence-corrected chi connectivity index (χ3v) is 2.60. The van der Waals surface area contributed by atoms with Crippen molar-refractivity contribution in [1.82, 2.24) is 10.3 Å². The molecule has 1 aliphatic heterocycles. The van der Waals surface area contributed by atoms with E-state index >= 15 is 0 Å². The summed E-state index contributed by atoms with van der Waals surface area (Å²) in [6.45, 7) is 5.51. The highest BCUT2D eigenvalue weighted by Gasteiger charge is 2.11. The molecule has 1 fully saturated rings. The molecule has 0 spiro atoms. The van der Waals surface area contributed by atoms with E-state index in [-0.39, 0.29) is 5.78 Å². The van der Waals surface area contributed by atoms with E-state index in [9.17, 15) is 4.79 Å². The van der Waals surface area contributed by atoms with Gasteiger partial charge in [0.1, 0.15) is 5.82 Å². The Kier molecular flexibility index (Phi) is 2.97. The lowest BCUT2D eigenvalue weighted by Gasteiger charge is -2.28. The second kappa shape index (κ2) is 4.40. The second-order valence-corrected chi connectivity index (χ2v) is 3.70. The fourth-order valence-electron chi connectivity index (χ4n) is 1.68. The molecule has 0 aliphatic carbocycles. The molecule has 4 heteroatoms. The fourth-order valence-corrected chi connectivity index (χ4v) is 1.68. The average molecular weight is 205 g/mol. The van der Waals surface area contributed by atoms with Gasteiger partial charge >= 0.3 is 0 Å². The van der Waals surface area contributed by atoms with Crippen LogP contribution in [0.1, 0.15) is 17.3 Å². The molecule has 0 aromatic carbocycles. The summed E-state index contributed by atoms with van der Waals surface area (Å²) < 4.78 is 0. The highest BCUT2D eigenvalue weighted by Crippen LogP contribution is 2.11. The minimum Gasteiger partial charge on any atom is -0.354 e. The van der Waals surface area contributed by atoms with Crippen LogP contribution in [-0.4, -0.2) is 36.9 Å². The van der Waals surface area contributed by atoms with E-state index in [1.807, 2.05) is 12.1 Å². The minimum absolute atomic E-state index is 0.0642. The van der Waals surface area contributed by atoms with Gasteiger partial charge in [-0.25, -0.2) is 4.98 Å². The van der Waals surface area contributed by atoms with Crippen LogP contribution in [0.15, 0.2) is 18.3 Å². The fraction of sp³-hybridized carbons (Fsp3) is 0.455. The monoisotopic (exact) mass is 205 g/mol. The summed E-state index contributed by atoms with van der Waals surface area (Å²) in [5.74, 6) is 1.02. The van der Waals surface area contributed by atoms with Crippen molar-refractivity contribution in [2.75, 3.05) is 31.1 Å². The van der Waals surface area contributed by atoms with Crippen molar-refractivity contribution in [3.8, 4) is 0 Å². The van der Waals surface area contributed by atoms with E-state index < -0.39 is 0 Å². The van der Waals surface area contributed by atoms with E-state index in [2.05, 4.69) is 15.2 Å². The number of anilines is 1. The molecule has 2 rings (SSSR count). The minimum atomic E-state index is 0.0642. The zero-order chi connectivity index (χ0) is 10.7. The van der Waals surface area contributed by atoms with Crippen LogP contribution in [-0.2, 0) is 0 Å². The van der Waals surface area contributed by atoms with Gasteiger partial charge in [-0.1, -0.05) is 0 Å². The number of carbonyl (C=O) groups is 1. The van der Waals surface area contributed by atoms with Crippen molar-refractivity contribution in [2.24, 2.45) is 0 Å². The van der Waals surface area contributed by atoms with Crippen LogP contribution in [0.4, 0.5) is 5.82 Å². The van der Waals surface area contributed by atoms with Gasteiger partial charge in [-0.15, -0.1) is 0 Å². The molecule has 4 nitrogen and oxygen atoms in total. The number of ketones is 1. The van der Waals surface area contributed by atoms with Crippen molar-refractivity contribution in [1.29, 1.82) is 0 Å². The summed E-state index contributed by atoms with van der Waals surface area (Å²) in [6.07, 6.45) is 1.65. The smallest absolute Gasteiger partial charge is 0.161 e. The number of carbonyl (C=O) groups excluding carboxylic acids is 1. The van der Waals surface area contributed by atoms with E-state index in [1.54, 1.807) is 13.1 Å². The lowest BCUT2D eigenvalue weighted by atomic mass is 10.2. The molecule has 0 unspecified atom stereocenters. The van der Waals surface area contributed by atoms with Crippen LogP contribution in [0.5, 0.6) is 0 Å². The maximum absolute atomic E-state index is 11.1. The van der Waals surface area contributed by atoms with Crippen molar-refractivity contribution in [2.45, 2.75) is 6.92 Å². The molecule has 80 valence electrons. The van der Waals surface area contributed by atoms with Crippen LogP contribution < -0.4 is 10.2 Å². The van der Waals surface area contributed by atoms with E-state index in [0.717, 1.165) is 32.0 Å². The Bertz CT molecular complexity index is 341. The van der Waals surface area contributed by atoms with Crippen molar-refractivity contribution in [3.63, 3.8) is 0 Å². The number of aromatic nitrogens is 1. The number of nitrogens with zero attached hydrogens (tertiary/aromatic N) is 2. The standard InChI is InChI=1S/C11H15N3O/c1-9(15)10-2-3-11(13-8-10)14-6-4-12-5-7-14/h2-3,8,12H,4-7H2,1H3. The number of Topliss-reactive ketones (excluding diaryl/α,β-unsaturated/α-hetero) is 1. The maximum atomic E-state index is 11.1. The van der Waals surface area contributed by atoms with Crippen LogP contribution in [0.25, 0.3) is 0 Å². The summed E-state index contributed by atoms with van der Waals surface area (Å²) >= 11 is 0. The summed E-state index contributed by atoms with van der Waals surface area (Å²) in [6, 6.07) is 3.76. The number of rotatable bonds is 2. The SMILES string of the molecule is CC(=O)c1ccc(N2CCNCC2)nc1. The molecule has 15 heavy (non-hydrogen) atoms. The first-order chi connectivity index (χ1) is 7.27. The van der Waals surface area contributed by atoms with Crippen LogP contribution in [0.3, 0.4) is 0 Å². The van der Waals surface area contributed by atoms with Gasteiger partial charge in [-0.05, 0) is 19.1 Å². The number of hydrogen-bond acceptors (Lipinski definition) is 4. The Labute approximate surface area is 89.3 Å². The Hall–Kier alpha value is -1.42. The van der Waals surface area contributed by atoms with Gasteiger partial charge in [0.2, 0.25) is 0 Å². The molecule has 1 N–H and O–H groups in total. The molecule has 0 saturated carbocycles. The van der Waals surface area contributed by atoms with E-state index in [1.165, 1.54) is 0 Å². The van der Waals surface area contributed by atoms with Gasteiger partial charge in [0.15, 0.2) is 5.78 Å². The molecule has 1 saturated heterocycles. The summed E-state index contributed by atoms with van der Waals surface area (Å²) in [7, 11) is 0. The normalized spacial score (nSPS) is 16.5. The lowest BCUT2D eigenvalue weighted by Crippen LogP contribution is -2.43. The molecule has 0 bridgehead atoms. The highest BCUT2D eigenvalue weighted by atomic mass is 16.1. The van der Waals surface area contributed by atoms with Crippen LogP contribution in [0, 0.1) is 0 Å². The predicted octanol–water partition coefficient (Wildman–Crippen LogP) is 0.694. The number of hydrogen-bond donors (Lipinski definition) is 1. The highest BCUT2D eigenvalue weighted by molar-refractivity contribution is 5.93. The Morgan fingerprint density at radius 3 is 2.67 bits per heavy atom. The maximum Gasteiger partial charge on any atom is 0.161 e. The van der Waals surface area contributed by atoms with Gasteiger partial charge in [-0.3, -0.25) is 4.79 Å². The first-order valence-corrected chi connectivity index (χ1v) is 5.20. The molecule has 1 aromatic rings. The third kappa shape index (κ3) is 2.33. The topological polar surface area (TPSA) is 45.2 Å². The average Bonchev–Trinajstić information content (AvgIpc) is 2.30.